The Morgan fingerprint density at radius 2 is 2.11 bits per heavy atom. The van der Waals surface area contributed by atoms with Crippen molar-refractivity contribution in [1.82, 2.24) is 5.32 Å². The van der Waals surface area contributed by atoms with Crippen molar-refractivity contribution in [3.8, 4) is 0 Å². The Morgan fingerprint density at radius 3 is 2.72 bits per heavy atom. The fourth-order valence-electron chi connectivity index (χ4n) is 1.32. The van der Waals surface area contributed by atoms with Crippen LogP contribution in [0.3, 0.4) is 0 Å². The minimum absolute atomic E-state index is 0.113. The number of halogens is 2. The van der Waals surface area contributed by atoms with E-state index in [-0.39, 0.29) is 23.8 Å². The van der Waals surface area contributed by atoms with Crippen LogP contribution in [0, 0.1) is 5.82 Å². The van der Waals surface area contributed by atoms with E-state index in [0.29, 0.717) is 5.69 Å². The number of nitrogens with one attached hydrogen (secondary N) is 2. The lowest BCUT2D eigenvalue weighted by atomic mass is 10.0. The molecule has 5 heteroatoms. The molecular formula is C13H18BrFN2O. The van der Waals surface area contributed by atoms with E-state index in [0.717, 1.165) is 10.9 Å². The molecule has 0 unspecified atom stereocenters. The van der Waals surface area contributed by atoms with E-state index in [4.69, 9.17) is 0 Å². The first-order valence-corrected chi connectivity index (χ1v) is 6.63. The highest BCUT2D eigenvalue weighted by molar-refractivity contribution is 9.10. The molecule has 1 aromatic carbocycles. The van der Waals surface area contributed by atoms with Crippen molar-refractivity contribution in [2.45, 2.75) is 32.7 Å². The zero-order valence-corrected chi connectivity index (χ0v) is 12.4. The van der Waals surface area contributed by atoms with Crippen LogP contribution >= 0.6 is 15.9 Å². The third kappa shape index (κ3) is 4.64. The second kappa shape index (κ2) is 6.18. The van der Waals surface area contributed by atoms with Gasteiger partial charge in [-0.2, -0.15) is 0 Å². The number of benzene rings is 1. The highest BCUT2D eigenvalue weighted by Gasteiger charge is 2.17. The predicted octanol–water partition coefficient (Wildman–Crippen LogP) is 3.30. The fourth-order valence-corrected chi connectivity index (χ4v) is 1.71. The molecule has 1 aromatic rings. The normalized spacial score (nSPS) is 11.2. The Morgan fingerprint density at radius 1 is 1.44 bits per heavy atom. The topological polar surface area (TPSA) is 41.1 Å². The summed E-state index contributed by atoms with van der Waals surface area (Å²) in [6, 6.07) is 4.31. The van der Waals surface area contributed by atoms with Gasteiger partial charge in [-0.25, -0.2) is 4.39 Å². The van der Waals surface area contributed by atoms with Crippen LogP contribution in [0.5, 0.6) is 0 Å². The van der Waals surface area contributed by atoms with E-state index >= 15 is 0 Å². The molecule has 1 rings (SSSR count). The molecule has 3 nitrogen and oxygen atoms in total. The number of amides is 1. The van der Waals surface area contributed by atoms with E-state index in [1.807, 2.05) is 20.8 Å². The van der Waals surface area contributed by atoms with E-state index < -0.39 is 0 Å². The Hall–Kier alpha value is -1.10. The zero-order chi connectivity index (χ0) is 13.8. The van der Waals surface area contributed by atoms with Crippen molar-refractivity contribution in [1.29, 1.82) is 0 Å². The fraction of sp³-hybridized carbons (Fsp3) is 0.462. The van der Waals surface area contributed by atoms with Crippen molar-refractivity contribution in [2.24, 2.45) is 0 Å². The number of anilines is 1. The van der Waals surface area contributed by atoms with Crippen molar-refractivity contribution in [2.75, 3.05) is 11.9 Å². The van der Waals surface area contributed by atoms with Crippen LogP contribution in [0.25, 0.3) is 0 Å². The molecule has 0 fully saturated rings. The molecule has 0 heterocycles. The van der Waals surface area contributed by atoms with E-state index in [1.54, 1.807) is 6.07 Å². The maximum absolute atomic E-state index is 13.0. The first-order chi connectivity index (χ1) is 8.34. The average Bonchev–Trinajstić information content (AvgIpc) is 2.30. The third-order valence-electron chi connectivity index (χ3n) is 2.73. The lowest BCUT2D eigenvalue weighted by Crippen LogP contribution is -2.45. The van der Waals surface area contributed by atoms with E-state index in [2.05, 4.69) is 26.6 Å². The second-order valence-corrected chi connectivity index (χ2v) is 5.62. The summed E-state index contributed by atoms with van der Waals surface area (Å²) < 4.78 is 13.8. The maximum Gasteiger partial charge on any atom is 0.239 e. The van der Waals surface area contributed by atoms with Crippen molar-refractivity contribution in [3.05, 3.63) is 28.5 Å². The van der Waals surface area contributed by atoms with Crippen LogP contribution < -0.4 is 10.6 Å². The molecule has 0 aliphatic carbocycles. The van der Waals surface area contributed by atoms with Gasteiger partial charge in [-0.05, 0) is 54.4 Å². The summed E-state index contributed by atoms with van der Waals surface area (Å²) in [4.78, 5) is 11.7. The smallest absolute Gasteiger partial charge is 0.239 e. The first kappa shape index (κ1) is 15.0. The first-order valence-electron chi connectivity index (χ1n) is 5.84. The van der Waals surface area contributed by atoms with Crippen molar-refractivity contribution < 1.29 is 9.18 Å². The molecule has 1 amide bonds. The van der Waals surface area contributed by atoms with Crippen LogP contribution in [0.1, 0.15) is 27.2 Å². The van der Waals surface area contributed by atoms with Gasteiger partial charge in [0.15, 0.2) is 0 Å². The van der Waals surface area contributed by atoms with Gasteiger partial charge in [0.2, 0.25) is 5.91 Å². The van der Waals surface area contributed by atoms with Gasteiger partial charge in [0.1, 0.15) is 5.82 Å². The van der Waals surface area contributed by atoms with Gasteiger partial charge in [0.25, 0.3) is 0 Å². The van der Waals surface area contributed by atoms with Crippen molar-refractivity contribution in [3.63, 3.8) is 0 Å². The Kier molecular flexibility index (Phi) is 5.14. The molecule has 100 valence electrons. The molecule has 18 heavy (non-hydrogen) atoms. The SMILES string of the molecule is CCC(C)(C)NC(=O)CNc1cc(F)ccc1Br. The third-order valence-corrected chi connectivity index (χ3v) is 3.42. The maximum atomic E-state index is 13.0. The molecule has 0 radical (unpaired) electrons. The quantitative estimate of drug-likeness (QED) is 0.875. The summed E-state index contributed by atoms with van der Waals surface area (Å²) >= 11 is 3.29. The Labute approximate surface area is 115 Å². The summed E-state index contributed by atoms with van der Waals surface area (Å²) in [6.45, 7) is 6.05. The largest absolute Gasteiger partial charge is 0.375 e. The molecule has 0 bridgehead atoms. The lowest BCUT2D eigenvalue weighted by molar-refractivity contribution is -0.121. The number of rotatable bonds is 5. The minimum atomic E-state index is -0.338. The van der Waals surface area contributed by atoms with Crippen LogP contribution in [0.2, 0.25) is 0 Å². The van der Waals surface area contributed by atoms with Gasteiger partial charge in [0.05, 0.1) is 12.2 Å². The molecule has 0 aliphatic heterocycles. The molecule has 0 atom stereocenters. The highest BCUT2D eigenvalue weighted by atomic mass is 79.9. The van der Waals surface area contributed by atoms with Gasteiger partial charge in [-0.3, -0.25) is 4.79 Å². The Bertz CT molecular complexity index is 435. The van der Waals surface area contributed by atoms with Gasteiger partial charge in [0, 0.05) is 10.0 Å². The second-order valence-electron chi connectivity index (χ2n) is 4.76. The highest BCUT2D eigenvalue weighted by Crippen LogP contribution is 2.22. The lowest BCUT2D eigenvalue weighted by Gasteiger charge is -2.24. The van der Waals surface area contributed by atoms with Gasteiger partial charge >= 0.3 is 0 Å². The summed E-state index contributed by atoms with van der Waals surface area (Å²) in [7, 11) is 0. The van der Waals surface area contributed by atoms with E-state index in [1.165, 1.54) is 12.1 Å². The molecule has 2 N–H and O–H groups in total. The van der Waals surface area contributed by atoms with Gasteiger partial charge < -0.3 is 10.6 Å². The number of hydrogen-bond acceptors (Lipinski definition) is 2. The standard InChI is InChI=1S/C13H18BrFN2O/c1-4-13(2,3)17-12(18)8-16-11-7-9(15)5-6-10(11)14/h5-7,16H,4,8H2,1-3H3,(H,17,18). The number of hydrogen-bond donors (Lipinski definition) is 2. The summed E-state index contributed by atoms with van der Waals surface area (Å²) in [5.41, 5.74) is 0.345. The summed E-state index contributed by atoms with van der Waals surface area (Å²) in [6.07, 6.45) is 0.850. The molecular weight excluding hydrogens is 299 g/mol. The monoisotopic (exact) mass is 316 g/mol. The molecule has 0 saturated heterocycles. The predicted molar refractivity (Wildman–Crippen MR) is 75.1 cm³/mol. The van der Waals surface area contributed by atoms with Crippen LogP contribution in [-0.4, -0.2) is 18.0 Å². The number of carbonyl (C=O) groups excluding carboxylic acids is 1. The van der Waals surface area contributed by atoms with Crippen LogP contribution in [-0.2, 0) is 4.79 Å². The summed E-state index contributed by atoms with van der Waals surface area (Å²) in [5, 5.41) is 5.80. The molecule has 0 aromatic heterocycles. The molecule has 0 aliphatic rings. The zero-order valence-electron chi connectivity index (χ0n) is 10.8. The van der Waals surface area contributed by atoms with Gasteiger partial charge in [-0.15, -0.1) is 0 Å². The molecule has 0 saturated carbocycles. The minimum Gasteiger partial charge on any atom is -0.375 e. The van der Waals surface area contributed by atoms with Gasteiger partial charge in [-0.1, -0.05) is 6.92 Å². The summed E-state index contributed by atoms with van der Waals surface area (Å²) in [5.74, 6) is -0.451. The van der Waals surface area contributed by atoms with Crippen molar-refractivity contribution >= 4 is 27.5 Å². The van der Waals surface area contributed by atoms with Crippen LogP contribution in [0.4, 0.5) is 10.1 Å². The van der Waals surface area contributed by atoms with E-state index in [9.17, 15) is 9.18 Å². The average molecular weight is 317 g/mol. The van der Waals surface area contributed by atoms with Crippen LogP contribution in [0.15, 0.2) is 22.7 Å². The molecule has 0 spiro atoms. The number of carbonyl (C=O) groups is 1. The Balaban J connectivity index is 2.55.